The molecule has 0 N–H and O–H groups in total. The van der Waals surface area contributed by atoms with E-state index < -0.39 is 0 Å². The Hall–Kier alpha value is -1.42. The molecule has 15 heavy (non-hydrogen) atoms. The SMILES string of the molecule is CCCCCC#CCOc1ccccc1. The summed E-state index contributed by atoms with van der Waals surface area (Å²) in [5.41, 5.74) is 0. The molecule has 0 atom stereocenters. The van der Waals surface area contributed by atoms with Crippen LogP contribution in [0.15, 0.2) is 30.3 Å². The van der Waals surface area contributed by atoms with Gasteiger partial charge in [-0.15, -0.1) is 0 Å². The summed E-state index contributed by atoms with van der Waals surface area (Å²) in [7, 11) is 0. The fraction of sp³-hybridized carbons (Fsp3) is 0.429. The fourth-order valence-corrected chi connectivity index (χ4v) is 1.24. The van der Waals surface area contributed by atoms with Crippen LogP contribution in [0.25, 0.3) is 0 Å². The summed E-state index contributed by atoms with van der Waals surface area (Å²) >= 11 is 0. The number of benzene rings is 1. The van der Waals surface area contributed by atoms with Crippen LogP contribution >= 0.6 is 0 Å². The Morgan fingerprint density at radius 1 is 1.07 bits per heavy atom. The molecule has 0 aliphatic heterocycles. The van der Waals surface area contributed by atoms with E-state index in [-0.39, 0.29) is 0 Å². The van der Waals surface area contributed by atoms with E-state index in [0.717, 1.165) is 12.2 Å². The van der Waals surface area contributed by atoms with Crippen LogP contribution in [0.5, 0.6) is 5.75 Å². The van der Waals surface area contributed by atoms with Crippen molar-refractivity contribution in [1.82, 2.24) is 0 Å². The van der Waals surface area contributed by atoms with Crippen molar-refractivity contribution in [3.05, 3.63) is 30.3 Å². The average Bonchev–Trinajstić information content (AvgIpc) is 2.29. The average molecular weight is 202 g/mol. The summed E-state index contributed by atoms with van der Waals surface area (Å²) in [5, 5.41) is 0. The quantitative estimate of drug-likeness (QED) is 0.523. The number of ether oxygens (including phenoxy) is 1. The molecule has 0 aliphatic rings. The summed E-state index contributed by atoms with van der Waals surface area (Å²) in [6.07, 6.45) is 4.72. The van der Waals surface area contributed by atoms with Gasteiger partial charge in [0.05, 0.1) is 0 Å². The Bertz CT molecular complexity index is 305. The van der Waals surface area contributed by atoms with Crippen LogP contribution < -0.4 is 4.74 Å². The first-order valence-corrected chi connectivity index (χ1v) is 5.57. The van der Waals surface area contributed by atoms with E-state index >= 15 is 0 Å². The Morgan fingerprint density at radius 3 is 2.60 bits per heavy atom. The molecule has 1 aromatic rings. The van der Waals surface area contributed by atoms with Gasteiger partial charge in [0.15, 0.2) is 0 Å². The van der Waals surface area contributed by atoms with Crippen molar-refractivity contribution >= 4 is 0 Å². The Kier molecular flexibility index (Phi) is 6.17. The molecule has 0 saturated heterocycles. The maximum Gasteiger partial charge on any atom is 0.149 e. The second-order valence-corrected chi connectivity index (χ2v) is 3.41. The van der Waals surface area contributed by atoms with Crippen LogP contribution in [-0.4, -0.2) is 6.61 Å². The highest BCUT2D eigenvalue weighted by molar-refractivity contribution is 5.21. The lowest BCUT2D eigenvalue weighted by atomic mass is 10.2. The first kappa shape index (κ1) is 11.7. The second-order valence-electron chi connectivity index (χ2n) is 3.41. The molecule has 0 saturated carbocycles. The van der Waals surface area contributed by atoms with Crippen LogP contribution in [0.3, 0.4) is 0 Å². The fourth-order valence-electron chi connectivity index (χ4n) is 1.24. The second kappa shape index (κ2) is 7.94. The van der Waals surface area contributed by atoms with E-state index in [4.69, 9.17) is 4.74 Å². The zero-order valence-corrected chi connectivity index (χ0v) is 9.33. The van der Waals surface area contributed by atoms with Crippen molar-refractivity contribution in [2.75, 3.05) is 6.61 Å². The topological polar surface area (TPSA) is 9.23 Å². The number of unbranched alkanes of at least 4 members (excludes halogenated alkanes) is 3. The number of para-hydroxylation sites is 1. The Morgan fingerprint density at radius 2 is 1.87 bits per heavy atom. The van der Waals surface area contributed by atoms with E-state index in [9.17, 15) is 0 Å². The third-order valence-electron chi connectivity index (χ3n) is 2.08. The summed E-state index contributed by atoms with van der Waals surface area (Å²) in [6, 6.07) is 9.79. The van der Waals surface area contributed by atoms with Crippen molar-refractivity contribution in [1.29, 1.82) is 0 Å². The van der Waals surface area contributed by atoms with Gasteiger partial charge in [0.25, 0.3) is 0 Å². The Labute approximate surface area is 92.5 Å². The summed E-state index contributed by atoms with van der Waals surface area (Å²) in [4.78, 5) is 0. The smallest absolute Gasteiger partial charge is 0.149 e. The highest BCUT2D eigenvalue weighted by Crippen LogP contribution is 2.07. The highest BCUT2D eigenvalue weighted by Gasteiger charge is 1.86. The van der Waals surface area contributed by atoms with E-state index in [2.05, 4.69) is 18.8 Å². The molecule has 0 fully saturated rings. The molecule has 0 bridgehead atoms. The Balaban J connectivity index is 2.11. The van der Waals surface area contributed by atoms with E-state index in [1.807, 2.05) is 30.3 Å². The first-order chi connectivity index (χ1) is 7.43. The molecule has 0 aliphatic carbocycles. The third kappa shape index (κ3) is 5.80. The number of rotatable bonds is 5. The molecular formula is C14H18O. The van der Waals surface area contributed by atoms with Crippen LogP contribution in [0.2, 0.25) is 0 Å². The molecule has 0 amide bonds. The predicted octanol–water partition coefficient (Wildman–Crippen LogP) is 3.65. The van der Waals surface area contributed by atoms with Crippen molar-refractivity contribution in [3.8, 4) is 17.6 Å². The van der Waals surface area contributed by atoms with Crippen LogP contribution in [0.4, 0.5) is 0 Å². The van der Waals surface area contributed by atoms with Gasteiger partial charge in [0, 0.05) is 6.42 Å². The van der Waals surface area contributed by atoms with Gasteiger partial charge in [-0.25, -0.2) is 0 Å². The first-order valence-electron chi connectivity index (χ1n) is 5.57. The van der Waals surface area contributed by atoms with Crippen molar-refractivity contribution in [2.24, 2.45) is 0 Å². The molecule has 0 heterocycles. The summed E-state index contributed by atoms with van der Waals surface area (Å²) in [5.74, 6) is 7.03. The molecule has 0 radical (unpaired) electrons. The zero-order valence-electron chi connectivity index (χ0n) is 9.33. The molecule has 0 unspecified atom stereocenters. The molecule has 1 rings (SSSR count). The van der Waals surface area contributed by atoms with Gasteiger partial charge in [-0.3, -0.25) is 0 Å². The van der Waals surface area contributed by atoms with Crippen molar-refractivity contribution in [2.45, 2.75) is 32.6 Å². The lowest BCUT2D eigenvalue weighted by Crippen LogP contribution is -1.92. The maximum absolute atomic E-state index is 5.44. The van der Waals surface area contributed by atoms with Crippen LogP contribution in [0, 0.1) is 11.8 Å². The van der Waals surface area contributed by atoms with E-state index in [0.29, 0.717) is 6.61 Å². The monoisotopic (exact) mass is 202 g/mol. The summed E-state index contributed by atoms with van der Waals surface area (Å²) in [6.45, 7) is 2.70. The molecule has 1 nitrogen and oxygen atoms in total. The molecule has 1 heteroatoms. The van der Waals surface area contributed by atoms with Gasteiger partial charge >= 0.3 is 0 Å². The third-order valence-corrected chi connectivity index (χ3v) is 2.08. The number of hydrogen-bond acceptors (Lipinski definition) is 1. The van der Waals surface area contributed by atoms with E-state index in [1.165, 1.54) is 19.3 Å². The highest BCUT2D eigenvalue weighted by atomic mass is 16.5. The van der Waals surface area contributed by atoms with Gasteiger partial charge in [0.1, 0.15) is 12.4 Å². The minimum Gasteiger partial charge on any atom is -0.481 e. The van der Waals surface area contributed by atoms with Crippen LogP contribution in [-0.2, 0) is 0 Å². The maximum atomic E-state index is 5.44. The van der Waals surface area contributed by atoms with Crippen molar-refractivity contribution < 1.29 is 4.74 Å². The van der Waals surface area contributed by atoms with Gasteiger partial charge in [-0.1, -0.05) is 49.8 Å². The van der Waals surface area contributed by atoms with Gasteiger partial charge < -0.3 is 4.74 Å². The molecular weight excluding hydrogens is 184 g/mol. The van der Waals surface area contributed by atoms with Gasteiger partial charge in [0.2, 0.25) is 0 Å². The molecule has 1 aromatic carbocycles. The minimum atomic E-state index is 0.496. The van der Waals surface area contributed by atoms with Crippen LogP contribution in [0.1, 0.15) is 32.6 Å². The standard InChI is InChI=1S/C14H18O/c1-2-3-4-5-6-10-13-15-14-11-8-7-9-12-14/h7-9,11-12H,2-5,13H2,1H3. The molecule has 0 spiro atoms. The van der Waals surface area contributed by atoms with Gasteiger partial charge in [-0.05, 0) is 18.6 Å². The molecule has 0 aromatic heterocycles. The zero-order chi connectivity index (χ0) is 10.8. The van der Waals surface area contributed by atoms with Gasteiger partial charge in [-0.2, -0.15) is 0 Å². The summed E-state index contributed by atoms with van der Waals surface area (Å²) < 4.78 is 5.44. The van der Waals surface area contributed by atoms with E-state index in [1.54, 1.807) is 0 Å². The minimum absolute atomic E-state index is 0.496. The lowest BCUT2D eigenvalue weighted by Gasteiger charge is -1.99. The lowest BCUT2D eigenvalue weighted by molar-refractivity contribution is 0.370. The number of hydrogen-bond donors (Lipinski definition) is 0. The van der Waals surface area contributed by atoms with Crippen molar-refractivity contribution in [3.63, 3.8) is 0 Å². The largest absolute Gasteiger partial charge is 0.481 e. The normalized spacial score (nSPS) is 9.13. The predicted molar refractivity (Wildman–Crippen MR) is 63.9 cm³/mol. The molecule has 80 valence electrons.